The Morgan fingerprint density at radius 1 is 1.14 bits per heavy atom. The van der Waals surface area contributed by atoms with E-state index in [1.165, 1.54) is 0 Å². The van der Waals surface area contributed by atoms with Gasteiger partial charge in [-0.25, -0.2) is 4.98 Å². The molecule has 2 heterocycles. The van der Waals surface area contributed by atoms with Crippen molar-refractivity contribution in [1.82, 2.24) is 9.88 Å². The maximum absolute atomic E-state index is 13.2. The van der Waals surface area contributed by atoms with Gasteiger partial charge in [-0.1, -0.05) is 54.1 Å². The molecule has 0 spiro atoms. The maximum atomic E-state index is 13.2. The predicted molar refractivity (Wildman–Crippen MR) is 142 cm³/mol. The second-order valence-corrected chi connectivity index (χ2v) is 9.25. The predicted octanol–water partition coefficient (Wildman–Crippen LogP) is 5.24. The summed E-state index contributed by atoms with van der Waals surface area (Å²) >= 11 is 5.95. The average molecular weight is 491 g/mol. The summed E-state index contributed by atoms with van der Waals surface area (Å²) in [5.74, 6) is 0.517. The molecule has 1 saturated heterocycles. The molecule has 35 heavy (non-hydrogen) atoms. The van der Waals surface area contributed by atoms with Crippen LogP contribution in [0.15, 0.2) is 77.9 Å². The normalized spacial score (nSPS) is 15.7. The number of likely N-dealkylation sites (tertiary alicyclic amines) is 1. The second kappa shape index (κ2) is 12.5. The third kappa shape index (κ3) is 7.64. The maximum Gasteiger partial charge on any atom is 0.238 e. The Bertz CT molecular complexity index is 1100. The van der Waals surface area contributed by atoms with Crippen molar-refractivity contribution in [2.75, 3.05) is 32.0 Å². The van der Waals surface area contributed by atoms with Crippen LogP contribution < -0.4 is 10.1 Å². The number of aromatic nitrogens is 1. The Morgan fingerprint density at radius 2 is 1.89 bits per heavy atom. The first-order chi connectivity index (χ1) is 17.1. The highest BCUT2D eigenvalue weighted by molar-refractivity contribution is 6.30. The Hall–Kier alpha value is -3.22. The number of rotatable bonds is 9. The van der Waals surface area contributed by atoms with Gasteiger partial charge in [-0.15, -0.1) is 0 Å². The van der Waals surface area contributed by atoms with Crippen molar-refractivity contribution in [3.8, 4) is 5.75 Å². The van der Waals surface area contributed by atoms with Gasteiger partial charge in [0.25, 0.3) is 0 Å². The van der Waals surface area contributed by atoms with Crippen molar-refractivity contribution in [3.05, 3.63) is 89.1 Å². The summed E-state index contributed by atoms with van der Waals surface area (Å²) in [6, 6.07) is 21.0. The Morgan fingerprint density at radius 3 is 2.57 bits per heavy atom. The van der Waals surface area contributed by atoms with Gasteiger partial charge in [0.05, 0.1) is 12.1 Å². The number of ether oxygens (including phenoxy) is 1. The summed E-state index contributed by atoms with van der Waals surface area (Å²) in [5, 5.41) is 3.64. The van der Waals surface area contributed by atoms with Gasteiger partial charge in [-0.3, -0.25) is 9.79 Å². The minimum atomic E-state index is -0.515. The first-order valence-electron chi connectivity index (χ1n) is 12.0. The highest BCUT2D eigenvalue weighted by Crippen LogP contribution is 2.21. The number of anilines is 1. The minimum Gasteiger partial charge on any atom is -0.489 e. The lowest BCUT2D eigenvalue weighted by molar-refractivity contribution is -0.116. The van der Waals surface area contributed by atoms with E-state index in [2.05, 4.69) is 27.2 Å². The van der Waals surface area contributed by atoms with Crippen LogP contribution in [0.3, 0.4) is 0 Å². The van der Waals surface area contributed by atoms with Crippen LogP contribution in [0.2, 0.25) is 5.02 Å². The summed E-state index contributed by atoms with van der Waals surface area (Å²) in [7, 11) is 2.13. The number of benzene rings is 2. The topological polar surface area (TPSA) is 66.8 Å². The SMILES string of the molecule is CN1CCC(Oc2ccc(NC(=O)C(C=NCCc3ccc(Cl)cc3)c3ccccc3)nc2)CC1. The number of aliphatic imine (C=N–C) groups is 1. The van der Waals surface area contributed by atoms with E-state index in [0.717, 1.165) is 49.2 Å². The Balaban J connectivity index is 1.36. The molecule has 3 aromatic rings. The van der Waals surface area contributed by atoms with Crippen molar-refractivity contribution in [3.63, 3.8) is 0 Å². The molecule has 4 rings (SSSR count). The molecule has 1 atom stereocenters. The molecule has 1 amide bonds. The van der Waals surface area contributed by atoms with E-state index < -0.39 is 5.92 Å². The molecule has 0 aliphatic carbocycles. The molecule has 1 aliphatic heterocycles. The monoisotopic (exact) mass is 490 g/mol. The van der Waals surface area contributed by atoms with Crippen LogP contribution in [0.1, 0.15) is 29.9 Å². The fourth-order valence-electron chi connectivity index (χ4n) is 4.01. The van der Waals surface area contributed by atoms with Gasteiger partial charge in [0.2, 0.25) is 5.91 Å². The van der Waals surface area contributed by atoms with Crippen molar-refractivity contribution in [2.45, 2.75) is 31.3 Å². The number of carbonyl (C=O) groups is 1. The highest BCUT2D eigenvalue weighted by Gasteiger charge is 2.20. The van der Waals surface area contributed by atoms with Crippen molar-refractivity contribution in [1.29, 1.82) is 0 Å². The van der Waals surface area contributed by atoms with Gasteiger partial charge in [0.15, 0.2) is 0 Å². The van der Waals surface area contributed by atoms with E-state index in [1.807, 2.05) is 60.7 Å². The zero-order valence-corrected chi connectivity index (χ0v) is 20.7. The van der Waals surface area contributed by atoms with Gasteiger partial charge in [0.1, 0.15) is 17.7 Å². The largest absolute Gasteiger partial charge is 0.489 e. The summed E-state index contributed by atoms with van der Waals surface area (Å²) in [5.41, 5.74) is 2.03. The summed E-state index contributed by atoms with van der Waals surface area (Å²) in [6.45, 7) is 2.65. The van der Waals surface area contributed by atoms with Gasteiger partial charge in [0, 0.05) is 30.9 Å². The van der Waals surface area contributed by atoms with Crippen LogP contribution in [0.5, 0.6) is 5.75 Å². The van der Waals surface area contributed by atoms with Crippen LogP contribution in [0, 0.1) is 0 Å². The van der Waals surface area contributed by atoms with E-state index in [1.54, 1.807) is 18.5 Å². The number of hydrogen-bond donors (Lipinski definition) is 1. The van der Waals surface area contributed by atoms with Crippen LogP contribution in [0.4, 0.5) is 5.82 Å². The molecule has 6 nitrogen and oxygen atoms in total. The lowest BCUT2D eigenvalue weighted by Crippen LogP contribution is -2.35. The summed E-state index contributed by atoms with van der Waals surface area (Å²) < 4.78 is 6.06. The molecule has 1 aromatic heterocycles. The molecule has 1 N–H and O–H groups in total. The molecular formula is C28H31ClN4O2. The van der Waals surface area contributed by atoms with Crippen molar-refractivity contribution in [2.24, 2.45) is 4.99 Å². The van der Waals surface area contributed by atoms with Crippen LogP contribution in [-0.4, -0.2) is 54.8 Å². The zero-order valence-electron chi connectivity index (χ0n) is 19.9. The molecule has 2 aromatic carbocycles. The van der Waals surface area contributed by atoms with E-state index in [9.17, 15) is 4.79 Å². The second-order valence-electron chi connectivity index (χ2n) is 8.81. The summed E-state index contributed by atoms with van der Waals surface area (Å²) in [6.07, 6.45) is 6.39. The quantitative estimate of drug-likeness (QED) is 0.416. The average Bonchev–Trinajstić information content (AvgIpc) is 2.88. The van der Waals surface area contributed by atoms with Gasteiger partial charge in [-0.2, -0.15) is 0 Å². The number of carbonyl (C=O) groups excluding carboxylic acids is 1. The Labute approximate surface area is 212 Å². The van der Waals surface area contributed by atoms with Crippen LogP contribution in [0.25, 0.3) is 0 Å². The fourth-order valence-corrected chi connectivity index (χ4v) is 4.14. The lowest BCUT2D eigenvalue weighted by atomic mass is 9.99. The molecule has 7 heteroatoms. The minimum absolute atomic E-state index is 0.178. The van der Waals surface area contributed by atoms with E-state index >= 15 is 0 Å². The number of pyridine rings is 1. The van der Waals surface area contributed by atoms with Gasteiger partial charge >= 0.3 is 0 Å². The number of amides is 1. The Kier molecular flexibility index (Phi) is 8.87. The molecule has 0 bridgehead atoms. The van der Waals surface area contributed by atoms with E-state index in [-0.39, 0.29) is 12.0 Å². The van der Waals surface area contributed by atoms with Crippen molar-refractivity contribution >= 4 is 29.5 Å². The highest BCUT2D eigenvalue weighted by atomic mass is 35.5. The number of nitrogens with one attached hydrogen (secondary N) is 1. The smallest absolute Gasteiger partial charge is 0.238 e. The molecule has 182 valence electrons. The summed E-state index contributed by atoms with van der Waals surface area (Å²) in [4.78, 5) is 24.4. The number of nitrogens with zero attached hydrogens (tertiary/aromatic N) is 3. The third-order valence-corrected chi connectivity index (χ3v) is 6.35. The van der Waals surface area contributed by atoms with Gasteiger partial charge < -0.3 is 15.0 Å². The van der Waals surface area contributed by atoms with Crippen LogP contribution >= 0.6 is 11.6 Å². The third-order valence-electron chi connectivity index (χ3n) is 6.09. The lowest BCUT2D eigenvalue weighted by Gasteiger charge is -2.29. The van der Waals surface area contributed by atoms with E-state index in [4.69, 9.17) is 16.3 Å². The first-order valence-corrected chi connectivity index (χ1v) is 12.4. The molecule has 1 unspecified atom stereocenters. The number of piperidine rings is 1. The fraction of sp³-hybridized carbons (Fsp3) is 0.321. The van der Waals surface area contributed by atoms with Gasteiger partial charge in [-0.05, 0) is 61.7 Å². The van der Waals surface area contributed by atoms with Crippen molar-refractivity contribution < 1.29 is 9.53 Å². The zero-order chi connectivity index (χ0) is 24.5. The molecule has 0 radical (unpaired) electrons. The number of halogens is 1. The molecule has 1 fully saturated rings. The standard InChI is InChI=1S/C28H31ClN4O2/c1-33-17-14-24(15-18-33)35-25-11-12-27(31-19-25)32-28(34)26(22-5-3-2-4-6-22)20-30-16-13-21-7-9-23(29)10-8-21/h2-12,19-20,24,26H,13-18H2,1H3,(H,31,32,34). The van der Waals surface area contributed by atoms with Crippen LogP contribution in [-0.2, 0) is 11.2 Å². The molecular weight excluding hydrogens is 460 g/mol. The first kappa shape index (κ1) is 24.9. The number of hydrogen-bond acceptors (Lipinski definition) is 5. The molecule has 0 saturated carbocycles. The molecule has 1 aliphatic rings. The van der Waals surface area contributed by atoms with E-state index in [0.29, 0.717) is 17.4 Å².